The van der Waals surface area contributed by atoms with Gasteiger partial charge < -0.3 is 0 Å². The van der Waals surface area contributed by atoms with Gasteiger partial charge in [0.15, 0.2) is 0 Å². The van der Waals surface area contributed by atoms with E-state index in [9.17, 15) is 13.2 Å². The number of fused-ring (bicyclic) bond motifs is 3. The molecule has 23 heavy (non-hydrogen) atoms. The molecule has 1 heterocycles. The first-order valence-electron chi connectivity index (χ1n) is 7.04. The standard InChI is InChI=1S/C17H11F3N2S/c18-17(19,20)13-4-2-1-3-11(13)9-5-6-12-10(7-9)8-14-15(12)22-16(21)23-14/h1-7H,8H2,(H2,21,22)/p+1. The SMILES string of the molecule is Nc1[nH+]c2c(s1)Cc1cc(-c3ccccc3C(F)(F)F)ccc1-2. The summed E-state index contributed by atoms with van der Waals surface area (Å²) in [5, 5.41) is 0.646. The van der Waals surface area contributed by atoms with Gasteiger partial charge in [-0.3, -0.25) is 5.73 Å². The first-order chi connectivity index (χ1) is 10.9. The van der Waals surface area contributed by atoms with Crippen molar-refractivity contribution in [3.8, 4) is 22.4 Å². The summed E-state index contributed by atoms with van der Waals surface area (Å²) in [7, 11) is 0. The number of nitrogens with one attached hydrogen (secondary N) is 1. The first kappa shape index (κ1) is 14.3. The van der Waals surface area contributed by atoms with Crippen molar-refractivity contribution in [1.82, 2.24) is 0 Å². The minimum atomic E-state index is -4.36. The second kappa shape index (κ2) is 4.83. The Morgan fingerprint density at radius 2 is 1.83 bits per heavy atom. The Kier molecular flexibility index (Phi) is 2.99. The third-order valence-electron chi connectivity index (χ3n) is 4.03. The third-order valence-corrected chi connectivity index (χ3v) is 4.95. The van der Waals surface area contributed by atoms with Gasteiger partial charge in [0.1, 0.15) is 5.69 Å². The van der Waals surface area contributed by atoms with E-state index in [1.165, 1.54) is 23.5 Å². The van der Waals surface area contributed by atoms with Gasteiger partial charge in [-0.2, -0.15) is 13.2 Å². The number of halogens is 3. The molecule has 3 aromatic rings. The lowest BCUT2D eigenvalue weighted by Crippen LogP contribution is -2.07. The van der Waals surface area contributed by atoms with Gasteiger partial charge >= 0.3 is 11.3 Å². The van der Waals surface area contributed by atoms with Gasteiger partial charge in [0, 0.05) is 12.0 Å². The number of benzene rings is 2. The summed E-state index contributed by atoms with van der Waals surface area (Å²) in [6, 6.07) is 11.1. The highest BCUT2D eigenvalue weighted by Crippen LogP contribution is 2.42. The summed E-state index contributed by atoms with van der Waals surface area (Å²) in [6.45, 7) is 0. The molecule has 0 amide bonds. The minimum Gasteiger partial charge on any atom is -0.278 e. The number of anilines is 1. The molecule has 3 N–H and O–H groups in total. The highest BCUT2D eigenvalue weighted by Gasteiger charge is 2.34. The number of alkyl halides is 3. The summed E-state index contributed by atoms with van der Waals surface area (Å²) in [5.74, 6) is 0. The number of hydrogen-bond donors (Lipinski definition) is 1. The van der Waals surface area contributed by atoms with Crippen LogP contribution in [0.5, 0.6) is 0 Å². The van der Waals surface area contributed by atoms with Crippen molar-refractivity contribution in [2.45, 2.75) is 12.6 Å². The zero-order valence-electron chi connectivity index (χ0n) is 11.9. The minimum absolute atomic E-state index is 0.210. The maximum absolute atomic E-state index is 13.2. The Bertz CT molecular complexity index is 912. The number of thiazole rings is 1. The van der Waals surface area contributed by atoms with Crippen LogP contribution in [0, 0.1) is 0 Å². The van der Waals surface area contributed by atoms with Crippen molar-refractivity contribution in [3.05, 3.63) is 58.5 Å². The van der Waals surface area contributed by atoms with Crippen molar-refractivity contribution in [3.63, 3.8) is 0 Å². The Balaban J connectivity index is 1.83. The molecule has 1 aromatic heterocycles. The van der Waals surface area contributed by atoms with Crippen molar-refractivity contribution >= 4 is 16.5 Å². The fraction of sp³-hybridized carbons (Fsp3) is 0.118. The number of nitrogen functional groups attached to an aromatic ring is 1. The van der Waals surface area contributed by atoms with E-state index in [2.05, 4.69) is 4.98 Å². The van der Waals surface area contributed by atoms with E-state index in [1.54, 1.807) is 12.1 Å². The van der Waals surface area contributed by atoms with Crippen molar-refractivity contribution < 1.29 is 18.2 Å². The molecule has 0 saturated heterocycles. The largest absolute Gasteiger partial charge is 0.417 e. The lowest BCUT2D eigenvalue weighted by atomic mass is 9.96. The molecular formula is C17H12F3N2S+. The van der Waals surface area contributed by atoms with E-state index >= 15 is 0 Å². The lowest BCUT2D eigenvalue weighted by Gasteiger charge is -2.13. The Labute approximate surface area is 134 Å². The second-order valence-electron chi connectivity index (χ2n) is 5.48. The van der Waals surface area contributed by atoms with E-state index in [0.29, 0.717) is 17.1 Å². The normalized spacial score (nSPS) is 13.0. The zero-order valence-corrected chi connectivity index (χ0v) is 12.7. The van der Waals surface area contributed by atoms with Crippen LogP contribution in [0.1, 0.15) is 16.0 Å². The van der Waals surface area contributed by atoms with Crippen molar-refractivity contribution in [2.24, 2.45) is 0 Å². The van der Waals surface area contributed by atoms with Gasteiger partial charge in [-0.15, -0.1) is 0 Å². The molecule has 2 aromatic carbocycles. The van der Waals surface area contributed by atoms with Crippen LogP contribution in [0.25, 0.3) is 22.4 Å². The maximum Gasteiger partial charge on any atom is 0.417 e. The number of nitrogens with two attached hydrogens (primary N) is 1. The molecule has 0 radical (unpaired) electrons. The summed E-state index contributed by atoms with van der Waals surface area (Å²) in [5.41, 5.74) is 8.98. The molecule has 0 fully saturated rings. The Morgan fingerprint density at radius 1 is 1.04 bits per heavy atom. The van der Waals surface area contributed by atoms with Crippen LogP contribution in [-0.2, 0) is 12.6 Å². The molecule has 0 spiro atoms. The molecule has 116 valence electrons. The van der Waals surface area contributed by atoms with Gasteiger partial charge in [-0.05, 0) is 28.8 Å². The summed E-state index contributed by atoms with van der Waals surface area (Å²) < 4.78 is 39.6. The van der Waals surface area contributed by atoms with Gasteiger partial charge in [0.05, 0.1) is 10.4 Å². The second-order valence-corrected chi connectivity index (χ2v) is 6.62. The smallest absolute Gasteiger partial charge is 0.278 e. The highest BCUT2D eigenvalue weighted by atomic mass is 32.1. The summed E-state index contributed by atoms with van der Waals surface area (Å²) in [6.07, 6.45) is -3.67. The number of aromatic nitrogens is 1. The van der Waals surface area contributed by atoms with Crippen LogP contribution in [0.3, 0.4) is 0 Å². The van der Waals surface area contributed by atoms with Crippen LogP contribution < -0.4 is 10.7 Å². The first-order valence-corrected chi connectivity index (χ1v) is 7.85. The fourth-order valence-electron chi connectivity index (χ4n) is 3.05. The van der Waals surface area contributed by atoms with Crippen molar-refractivity contribution in [1.29, 1.82) is 0 Å². The summed E-state index contributed by atoms with van der Waals surface area (Å²) >= 11 is 1.48. The molecule has 0 saturated carbocycles. The van der Waals surface area contributed by atoms with Crippen LogP contribution in [0.2, 0.25) is 0 Å². The molecule has 1 aliphatic carbocycles. The van der Waals surface area contributed by atoms with E-state index in [-0.39, 0.29) is 5.56 Å². The quantitative estimate of drug-likeness (QED) is 0.551. The van der Waals surface area contributed by atoms with Crippen LogP contribution >= 0.6 is 11.3 Å². The van der Waals surface area contributed by atoms with Gasteiger partial charge in [0.25, 0.3) is 0 Å². The molecular weight excluding hydrogens is 321 g/mol. The number of rotatable bonds is 1. The van der Waals surface area contributed by atoms with Crippen LogP contribution in [0.15, 0.2) is 42.5 Å². The number of H-pyrrole nitrogens is 1. The van der Waals surface area contributed by atoms with E-state index in [1.807, 2.05) is 12.1 Å². The van der Waals surface area contributed by atoms with E-state index < -0.39 is 11.7 Å². The molecule has 0 unspecified atom stereocenters. The van der Waals surface area contributed by atoms with Gasteiger partial charge in [0.2, 0.25) is 0 Å². The van der Waals surface area contributed by atoms with E-state index in [4.69, 9.17) is 5.73 Å². The maximum atomic E-state index is 13.2. The Morgan fingerprint density at radius 3 is 2.61 bits per heavy atom. The molecule has 2 nitrogen and oxygen atoms in total. The van der Waals surface area contributed by atoms with Gasteiger partial charge in [-0.1, -0.05) is 41.7 Å². The molecule has 0 atom stereocenters. The lowest BCUT2D eigenvalue weighted by molar-refractivity contribution is -0.340. The van der Waals surface area contributed by atoms with Crippen molar-refractivity contribution in [2.75, 3.05) is 5.73 Å². The fourth-order valence-corrected chi connectivity index (χ4v) is 3.96. The topological polar surface area (TPSA) is 40.2 Å². The highest BCUT2D eigenvalue weighted by molar-refractivity contribution is 7.15. The van der Waals surface area contributed by atoms with Crippen LogP contribution in [0.4, 0.5) is 18.3 Å². The molecule has 4 rings (SSSR count). The Hall–Kier alpha value is -2.34. The predicted molar refractivity (Wildman–Crippen MR) is 84.0 cm³/mol. The predicted octanol–water partition coefficient (Wildman–Crippen LogP) is 4.40. The summed E-state index contributed by atoms with van der Waals surface area (Å²) in [4.78, 5) is 4.25. The molecule has 1 aliphatic rings. The van der Waals surface area contributed by atoms with E-state index in [0.717, 1.165) is 27.8 Å². The van der Waals surface area contributed by atoms with Gasteiger partial charge in [-0.25, -0.2) is 4.98 Å². The molecule has 0 bridgehead atoms. The molecule has 0 aliphatic heterocycles. The average Bonchev–Trinajstić information content (AvgIpc) is 3.01. The average molecular weight is 333 g/mol. The zero-order chi connectivity index (χ0) is 16.2. The number of aromatic amines is 1. The molecule has 6 heteroatoms. The van der Waals surface area contributed by atoms with Crippen LogP contribution in [-0.4, -0.2) is 0 Å². The third kappa shape index (κ3) is 2.30. The monoisotopic (exact) mass is 333 g/mol. The number of hydrogen-bond acceptors (Lipinski definition) is 2.